The first-order valence-corrected chi connectivity index (χ1v) is 12.0. The number of hydrogen-bond donors (Lipinski definition) is 0. The van der Waals surface area contributed by atoms with Crippen LogP contribution in [0.4, 0.5) is 5.69 Å². The lowest BCUT2D eigenvalue weighted by Crippen LogP contribution is -2.05. The molecule has 174 valence electrons. The Morgan fingerprint density at radius 1 is 0.800 bits per heavy atom. The molecule has 35 heavy (non-hydrogen) atoms. The van der Waals surface area contributed by atoms with Crippen LogP contribution >= 0.6 is 0 Å². The van der Waals surface area contributed by atoms with Crippen molar-refractivity contribution < 1.29 is 9.66 Å². The summed E-state index contributed by atoms with van der Waals surface area (Å²) in [5.41, 5.74) is 9.66. The van der Waals surface area contributed by atoms with Gasteiger partial charge in [0.05, 0.1) is 11.5 Å². The Balaban J connectivity index is 1.71. The minimum Gasteiger partial charge on any atom is -0.381 e. The third-order valence-electron chi connectivity index (χ3n) is 6.63. The third-order valence-corrected chi connectivity index (χ3v) is 6.63. The third kappa shape index (κ3) is 4.53. The van der Waals surface area contributed by atoms with E-state index in [4.69, 9.17) is 4.74 Å². The lowest BCUT2D eigenvalue weighted by Gasteiger charge is -2.18. The van der Waals surface area contributed by atoms with Gasteiger partial charge in [-0.1, -0.05) is 84.9 Å². The molecule has 5 rings (SSSR count). The predicted molar refractivity (Wildman–Crippen MR) is 140 cm³/mol. The molecule has 0 N–H and O–H groups in total. The number of rotatable bonds is 8. The Morgan fingerprint density at radius 2 is 1.46 bits per heavy atom. The van der Waals surface area contributed by atoms with Crippen LogP contribution < -0.4 is 0 Å². The summed E-state index contributed by atoms with van der Waals surface area (Å²) in [6.07, 6.45) is 0.787. The largest absolute Gasteiger partial charge is 0.381 e. The maximum absolute atomic E-state index is 11.3. The first-order chi connectivity index (χ1) is 17.2. The van der Waals surface area contributed by atoms with Crippen molar-refractivity contribution in [2.45, 2.75) is 19.3 Å². The lowest BCUT2D eigenvalue weighted by molar-refractivity contribution is -0.384. The summed E-state index contributed by atoms with van der Waals surface area (Å²) >= 11 is 0. The Hall–Kier alpha value is -4.02. The molecule has 1 aliphatic carbocycles. The molecule has 1 atom stereocenters. The van der Waals surface area contributed by atoms with Crippen molar-refractivity contribution in [1.29, 1.82) is 0 Å². The van der Waals surface area contributed by atoms with Gasteiger partial charge in [0, 0.05) is 24.7 Å². The van der Waals surface area contributed by atoms with Gasteiger partial charge < -0.3 is 4.74 Å². The van der Waals surface area contributed by atoms with Crippen LogP contribution in [-0.2, 0) is 4.74 Å². The molecule has 4 aromatic rings. The van der Waals surface area contributed by atoms with E-state index in [1.54, 1.807) is 12.1 Å². The van der Waals surface area contributed by atoms with Gasteiger partial charge in [0.15, 0.2) is 0 Å². The summed E-state index contributed by atoms with van der Waals surface area (Å²) in [7, 11) is 0. The minimum atomic E-state index is -0.347. The molecule has 0 fully saturated rings. The smallest absolute Gasteiger partial charge is 0.269 e. The molecular formula is C31H27NO3. The van der Waals surface area contributed by atoms with Gasteiger partial charge in [-0.25, -0.2) is 0 Å². The topological polar surface area (TPSA) is 52.4 Å². The van der Waals surface area contributed by atoms with Crippen molar-refractivity contribution in [2.75, 3.05) is 13.2 Å². The summed E-state index contributed by atoms with van der Waals surface area (Å²) in [5.74, 6) is 0.0197. The summed E-state index contributed by atoms with van der Waals surface area (Å²) in [6, 6.07) is 34.6. The second kappa shape index (κ2) is 10.1. The van der Waals surface area contributed by atoms with E-state index >= 15 is 0 Å². The van der Waals surface area contributed by atoms with Gasteiger partial charge in [-0.05, 0) is 63.9 Å². The summed E-state index contributed by atoms with van der Waals surface area (Å²) in [4.78, 5) is 10.9. The predicted octanol–water partition coefficient (Wildman–Crippen LogP) is 7.64. The highest BCUT2D eigenvalue weighted by atomic mass is 16.6. The molecule has 0 aromatic heterocycles. The Labute approximate surface area is 205 Å². The standard InChI is InChI=1S/C31H27NO3/c1-2-35-20-19-28-30(24-13-16-26(17-14-24)32(33)34)27-18-15-25(22-9-5-3-6-10-22)21-29(27)31(28)23-11-7-4-8-12-23/h3-18,21,30H,2,19-20H2,1H3. The number of nitrogens with zero attached hydrogens (tertiary/aromatic N) is 1. The van der Waals surface area contributed by atoms with E-state index in [9.17, 15) is 10.1 Å². The van der Waals surface area contributed by atoms with Crippen molar-refractivity contribution in [2.24, 2.45) is 0 Å². The van der Waals surface area contributed by atoms with Gasteiger partial charge in [0.25, 0.3) is 5.69 Å². The van der Waals surface area contributed by atoms with Crippen molar-refractivity contribution in [3.05, 3.63) is 141 Å². The Kier molecular flexibility index (Phi) is 6.55. The minimum absolute atomic E-state index is 0.0197. The zero-order valence-corrected chi connectivity index (χ0v) is 19.7. The van der Waals surface area contributed by atoms with Crippen LogP contribution in [-0.4, -0.2) is 18.1 Å². The molecule has 0 bridgehead atoms. The van der Waals surface area contributed by atoms with Crippen LogP contribution in [0.15, 0.2) is 109 Å². The molecule has 4 aromatic carbocycles. The van der Waals surface area contributed by atoms with E-state index < -0.39 is 0 Å². The Morgan fingerprint density at radius 3 is 2.09 bits per heavy atom. The van der Waals surface area contributed by atoms with Crippen LogP contribution in [0.25, 0.3) is 16.7 Å². The number of ether oxygens (including phenoxy) is 1. The van der Waals surface area contributed by atoms with Gasteiger partial charge in [0.1, 0.15) is 0 Å². The molecule has 1 aliphatic rings. The van der Waals surface area contributed by atoms with Crippen molar-refractivity contribution in [1.82, 2.24) is 0 Å². The second-order valence-corrected chi connectivity index (χ2v) is 8.66. The van der Waals surface area contributed by atoms with Crippen LogP contribution in [0.3, 0.4) is 0 Å². The van der Waals surface area contributed by atoms with E-state index in [-0.39, 0.29) is 16.5 Å². The molecule has 0 aliphatic heterocycles. The van der Waals surface area contributed by atoms with Gasteiger partial charge in [-0.3, -0.25) is 10.1 Å². The zero-order chi connectivity index (χ0) is 24.2. The van der Waals surface area contributed by atoms with E-state index in [0.29, 0.717) is 13.2 Å². The van der Waals surface area contributed by atoms with Crippen molar-refractivity contribution >= 4 is 11.3 Å². The maximum atomic E-state index is 11.3. The molecule has 0 heterocycles. The highest BCUT2D eigenvalue weighted by molar-refractivity contribution is 5.91. The monoisotopic (exact) mass is 461 g/mol. The summed E-state index contributed by atoms with van der Waals surface area (Å²) in [5, 5.41) is 11.3. The van der Waals surface area contributed by atoms with Crippen LogP contribution in [0.1, 0.15) is 41.5 Å². The number of nitro benzene ring substituents is 1. The molecule has 0 radical (unpaired) electrons. The van der Waals surface area contributed by atoms with Crippen LogP contribution in [0.5, 0.6) is 0 Å². The number of hydrogen-bond acceptors (Lipinski definition) is 3. The fourth-order valence-corrected chi connectivity index (χ4v) is 5.05. The van der Waals surface area contributed by atoms with Gasteiger partial charge >= 0.3 is 0 Å². The fourth-order valence-electron chi connectivity index (χ4n) is 5.05. The molecule has 0 saturated carbocycles. The number of benzene rings is 4. The normalized spacial score (nSPS) is 14.7. The number of non-ortho nitro benzene ring substituents is 1. The first-order valence-electron chi connectivity index (χ1n) is 12.0. The highest BCUT2D eigenvalue weighted by Crippen LogP contribution is 2.50. The van der Waals surface area contributed by atoms with Crippen molar-refractivity contribution in [3.63, 3.8) is 0 Å². The highest BCUT2D eigenvalue weighted by Gasteiger charge is 2.33. The molecule has 4 heteroatoms. The Bertz CT molecular complexity index is 1360. The van der Waals surface area contributed by atoms with E-state index in [1.165, 1.54) is 39.0 Å². The average Bonchev–Trinajstić information content (AvgIpc) is 3.23. The molecule has 0 saturated heterocycles. The van der Waals surface area contributed by atoms with Gasteiger partial charge in [-0.2, -0.15) is 0 Å². The molecular weight excluding hydrogens is 434 g/mol. The first kappa shape index (κ1) is 22.8. The van der Waals surface area contributed by atoms with Gasteiger partial charge in [0.2, 0.25) is 0 Å². The van der Waals surface area contributed by atoms with E-state index in [0.717, 1.165) is 12.0 Å². The molecule has 4 nitrogen and oxygen atoms in total. The second-order valence-electron chi connectivity index (χ2n) is 8.66. The molecule has 0 spiro atoms. The SMILES string of the molecule is CCOCCC1=C(c2ccccc2)c2cc(-c3ccccc3)ccc2C1c1ccc([N+](=O)[O-])cc1. The number of nitro groups is 1. The van der Waals surface area contributed by atoms with E-state index in [1.807, 2.05) is 31.2 Å². The lowest BCUT2D eigenvalue weighted by atomic mass is 9.86. The fraction of sp³-hybridized carbons (Fsp3) is 0.161. The van der Waals surface area contributed by atoms with Crippen LogP contribution in [0, 0.1) is 10.1 Å². The molecule has 1 unspecified atom stereocenters. The average molecular weight is 462 g/mol. The van der Waals surface area contributed by atoms with Crippen molar-refractivity contribution in [3.8, 4) is 11.1 Å². The zero-order valence-electron chi connectivity index (χ0n) is 19.7. The summed E-state index contributed by atoms with van der Waals surface area (Å²) in [6.45, 7) is 3.31. The molecule has 0 amide bonds. The van der Waals surface area contributed by atoms with E-state index in [2.05, 4.69) is 66.7 Å². The maximum Gasteiger partial charge on any atom is 0.269 e. The van der Waals surface area contributed by atoms with Gasteiger partial charge in [-0.15, -0.1) is 0 Å². The van der Waals surface area contributed by atoms with Crippen LogP contribution in [0.2, 0.25) is 0 Å². The quantitative estimate of drug-likeness (QED) is 0.154. The summed E-state index contributed by atoms with van der Waals surface area (Å²) < 4.78 is 5.78. The number of fused-ring (bicyclic) bond motifs is 1.